The molecule has 7 nitrogen and oxygen atoms in total. The van der Waals surface area contributed by atoms with Crippen molar-refractivity contribution < 1.29 is 9.53 Å². The smallest absolute Gasteiger partial charge is 0.344 e. The fraction of sp³-hybridized carbons (Fsp3) is 0.0909. The molecule has 0 spiro atoms. The van der Waals surface area contributed by atoms with Gasteiger partial charge in [-0.05, 0) is 11.6 Å². The van der Waals surface area contributed by atoms with Gasteiger partial charge in [0, 0.05) is 15.8 Å². The van der Waals surface area contributed by atoms with Crippen molar-refractivity contribution in [1.82, 2.24) is 4.98 Å². The van der Waals surface area contributed by atoms with Gasteiger partial charge in [-0.25, -0.2) is 4.79 Å². The molecule has 90 valence electrons. The van der Waals surface area contributed by atoms with Crippen LogP contribution >= 0.6 is 0 Å². The summed E-state index contributed by atoms with van der Waals surface area (Å²) in [6, 6.07) is 6.71. The highest BCUT2D eigenvalue weighted by Crippen LogP contribution is 2.26. The fourth-order valence-corrected chi connectivity index (χ4v) is 1.67. The minimum absolute atomic E-state index is 0.0244. The van der Waals surface area contributed by atoms with E-state index in [1.165, 1.54) is 0 Å². The highest BCUT2D eigenvalue weighted by molar-refractivity contribution is 6.03. The van der Waals surface area contributed by atoms with Gasteiger partial charge in [0.05, 0.1) is 12.8 Å². The number of aromatic amines is 1. The molecule has 1 N–H and O–H groups in total. The number of fused-ring (bicyclic) bond motifs is 1. The number of ether oxygens (including phenoxy) is 1. The first kappa shape index (κ1) is 11.7. The second-order valence-corrected chi connectivity index (χ2v) is 3.40. The summed E-state index contributed by atoms with van der Waals surface area (Å²) in [5.74, 6) is -0.843. The number of nitrogens with zero attached hydrogens (tertiary/aromatic N) is 3. The number of methoxy groups -OCH3 is 1. The zero-order valence-electron chi connectivity index (χ0n) is 9.38. The first-order valence-electron chi connectivity index (χ1n) is 4.97. The number of azide groups is 1. The summed E-state index contributed by atoms with van der Waals surface area (Å²) in [6.07, 6.45) is 0. The van der Waals surface area contributed by atoms with E-state index < -0.39 is 11.5 Å². The summed E-state index contributed by atoms with van der Waals surface area (Å²) in [5, 5.41) is 3.91. The van der Waals surface area contributed by atoms with Crippen molar-refractivity contribution in [3.05, 3.63) is 50.6 Å². The number of hydrogen-bond acceptors (Lipinski definition) is 4. The molecule has 0 unspecified atom stereocenters. The Morgan fingerprint density at radius 3 is 2.83 bits per heavy atom. The lowest BCUT2D eigenvalue weighted by Gasteiger charge is -2.06. The van der Waals surface area contributed by atoms with Gasteiger partial charge in [0.25, 0.3) is 5.56 Å². The lowest BCUT2D eigenvalue weighted by Crippen LogP contribution is -2.19. The molecule has 1 aromatic heterocycles. The van der Waals surface area contributed by atoms with Crippen molar-refractivity contribution in [3.63, 3.8) is 0 Å². The highest BCUT2D eigenvalue weighted by Gasteiger charge is 2.18. The number of esters is 1. The molecule has 2 rings (SSSR count). The molecule has 0 atom stereocenters. The normalized spacial score (nSPS) is 9.83. The maximum atomic E-state index is 11.8. The summed E-state index contributed by atoms with van der Waals surface area (Å²) < 4.78 is 4.51. The Labute approximate surface area is 101 Å². The zero-order valence-corrected chi connectivity index (χ0v) is 9.38. The van der Waals surface area contributed by atoms with Gasteiger partial charge in [-0.2, -0.15) is 0 Å². The molecule has 1 aromatic carbocycles. The third-order valence-corrected chi connectivity index (χ3v) is 2.43. The van der Waals surface area contributed by atoms with Crippen LogP contribution in [-0.4, -0.2) is 18.1 Å². The first-order valence-corrected chi connectivity index (χ1v) is 4.97. The molecule has 1 heterocycles. The van der Waals surface area contributed by atoms with E-state index in [0.717, 1.165) is 7.11 Å². The van der Waals surface area contributed by atoms with Gasteiger partial charge in [-0.3, -0.25) is 4.79 Å². The average Bonchev–Trinajstić information content (AvgIpc) is 2.38. The van der Waals surface area contributed by atoms with E-state index in [4.69, 9.17) is 5.53 Å². The van der Waals surface area contributed by atoms with E-state index in [0.29, 0.717) is 10.9 Å². The van der Waals surface area contributed by atoms with Gasteiger partial charge in [0.2, 0.25) is 0 Å². The Morgan fingerprint density at radius 1 is 1.44 bits per heavy atom. The van der Waals surface area contributed by atoms with Gasteiger partial charge in [0.1, 0.15) is 5.56 Å². The summed E-state index contributed by atoms with van der Waals surface area (Å²) in [6.45, 7) is 0. The predicted molar refractivity (Wildman–Crippen MR) is 64.7 cm³/mol. The van der Waals surface area contributed by atoms with E-state index in [2.05, 4.69) is 19.7 Å². The third-order valence-electron chi connectivity index (χ3n) is 2.43. The molecule has 0 aliphatic carbocycles. The lowest BCUT2D eigenvalue weighted by molar-refractivity contribution is 0.0600. The molecule has 0 saturated heterocycles. The Morgan fingerprint density at radius 2 is 2.17 bits per heavy atom. The number of carbonyl (C=O) groups excluding carboxylic acids is 1. The molecule has 0 amide bonds. The Kier molecular flexibility index (Phi) is 2.99. The van der Waals surface area contributed by atoms with Crippen LogP contribution in [0.4, 0.5) is 5.69 Å². The van der Waals surface area contributed by atoms with Gasteiger partial charge >= 0.3 is 5.97 Å². The minimum atomic E-state index is -0.843. The predicted octanol–water partition coefficient (Wildman–Crippen LogP) is 2.26. The maximum absolute atomic E-state index is 11.8. The molecule has 0 aliphatic heterocycles. The van der Waals surface area contributed by atoms with Crippen LogP contribution in [0.15, 0.2) is 34.2 Å². The van der Waals surface area contributed by atoms with E-state index in [9.17, 15) is 9.59 Å². The number of aromatic nitrogens is 1. The van der Waals surface area contributed by atoms with E-state index in [1.54, 1.807) is 24.3 Å². The summed E-state index contributed by atoms with van der Waals surface area (Å²) >= 11 is 0. The summed E-state index contributed by atoms with van der Waals surface area (Å²) in [5.41, 5.74) is 8.06. The van der Waals surface area contributed by atoms with Crippen LogP contribution in [0.3, 0.4) is 0 Å². The summed E-state index contributed by atoms with van der Waals surface area (Å²) in [4.78, 5) is 28.5. The largest absolute Gasteiger partial charge is 0.465 e. The van der Waals surface area contributed by atoms with Crippen LogP contribution in [-0.2, 0) is 4.74 Å². The second-order valence-electron chi connectivity index (χ2n) is 3.40. The molecule has 0 fully saturated rings. The van der Waals surface area contributed by atoms with Gasteiger partial charge in [-0.15, -0.1) is 0 Å². The number of pyridine rings is 1. The molecule has 0 bridgehead atoms. The maximum Gasteiger partial charge on any atom is 0.344 e. The van der Waals surface area contributed by atoms with Crippen LogP contribution in [0.1, 0.15) is 10.4 Å². The van der Waals surface area contributed by atoms with Crippen molar-refractivity contribution in [3.8, 4) is 0 Å². The number of para-hydroxylation sites is 1. The van der Waals surface area contributed by atoms with Crippen molar-refractivity contribution >= 4 is 22.6 Å². The Hall–Kier alpha value is -2.79. The SMILES string of the molecule is COC(=O)c1c(N=[N+]=[N-])c2ccccc2[nH]c1=O. The highest BCUT2D eigenvalue weighted by atomic mass is 16.5. The Balaban J connectivity index is 2.96. The van der Waals surface area contributed by atoms with E-state index in [-0.39, 0.29) is 11.3 Å². The monoisotopic (exact) mass is 244 g/mol. The second kappa shape index (κ2) is 4.60. The molecule has 7 heteroatoms. The molecule has 0 saturated carbocycles. The minimum Gasteiger partial charge on any atom is -0.465 e. The average molecular weight is 244 g/mol. The van der Waals surface area contributed by atoms with Crippen LogP contribution in [0.5, 0.6) is 0 Å². The number of benzene rings is 1. The van der Waals surface area contributed by atoms with Crippen LogP contribution in [0.25, 0.3) is 21.3 Å². The standard InChI is InChI=1S/C11H8N4O3/c1-18-11(17)8-9(14-15-12)6-4-2-3-5-7(6)13-10(8)16/h2-5H,1H3,(H,13,16). The number of carbonyl (C=O) groups is 1. The molecule has 2 aromatic rings. The van der Waals surface area contributed by atoms with Crippen LogP contribution < -0.4 is 5.56 Å². The number of nitrogens with one attached hydrogen (secondary N) is 1. The molecule has 0 aliphatic rings. The molecule has 0 radical (unpaired) electrons. The lowest BCUT2D eigenvalue weighted by atomic mass is 10.1. The number of hydrogen-bond donors (Lipinski definition) is 1. The van der Waals surface area contributed by atoms with Gasteiger partial charge in [-0.1, -0.05) is 23.3 Å². The quantitative estimate of drug-likeness (QED) is 0.378. The van der Waals surface area contributed by atoms with E-state index in [1.807, 2.05) is 0 Å². The van der Waals surface area contributed by atoms with Gasteiger partial charge < -0.3 is 9.72 Å². The Bertz CT molecular complexity index is 729. The fourth-order valence-electron chi connectivity index (χ4n) is 1.67. The van der Waals surface area contributed by atoms with Crippen LogP contribution in [0.2, 0.25) is 0 Å². The molecular formula is C11H8N4O3. The van der Waals surface area contributed by atoms with Crippen molar-refractivity contribution in [2.45, 2.75) is 0 Å². The topological polar surface area (TPSA) is 108 Å². The van der Waals surface area contributed by atoms with Crippen molar-refractivity contribution in [1.29, 1.82) is 0 Å². The van der Waals surface area contributed by atoms with Crippen LogP contribution in [0, 0.1) is 0 Å². The van der Waals surface area contributed by atoms with Gasteiger partial charge in [0.15, 0.2) is 0 Å². The first-order chi connectivity index (χ1) is 8.69. The number of rotatable bonds is 2. The van der Waals surface area contributed by atoms with E-state index >= 15 is 0 Å². The molecule has 18 heavy (non-hydrogen) atoms. The molecular weight excluding hydrogens is 236 g/mol. The van der Waals surface area contributed by atoms with Crippen molar-refractivity contribution in [2.75, 3.05) is 7.11 Å². The third kappa shape index (κ3) is 1.79. The van der Waals surface area contributed by atoms with Crippen molar-refractivity contribution in [2.24, 2.45) is 5.11 Å². The zero-order chi connectivity index (χ0) is 13.1. The summed E-state index contributed by atoms with van der Waals surface area (Å²) in [7, 11) is 1.15. The number of H-pyrrole nitrogens is 1.